The maximum absolute atomic E-state index is 11.9. The van der Waals surface area contributed by atoms with Gasteiger partial charge in [-0.15, -0.1) is 0 Å². The number of hydroxylamine groups is 2. The third-order valence-corrected chi connectivity index (χ3v) is 6.55. The monoisotopic (exact) mass is 410 g/mol. The van der Waals surface area contributed by atoms with Crippen molar-refractivity contribution in [1.29, 1.82) is 0 Å². The van der Waals surface area contributed by atoms with Crippen LogP contribution in [0.2, 0.25) is 0 Å². The van der Waals surface area contributed by atoms with Gasteiger partial charge in [-0.1, -0.05) is 149 Å². The van der Waals surface area contributed by atoms with Gasteiger partial charge in [0.05, 0.1) is 0 Å². The van der Waals surface area contributed by atoms with Gasteiger partial charge in [-0.3, -0.25) is 0 Å². The van der Waals surface area contributed by atoms with Crippen LogP contribution in [0.1, 0.15) is 162 Å². The fourth-order valence-electron chi connectivity index (χ4n) is 4.42. The van der Waals surface area contributed by atoms with E-state index < -0.39 is 0 Å². The maximum atomic E-state index is 11.9. The average Bonchev–Trinajstić information content (AvgIpc) is 2.71. The van der Waals surface area contributed by atoms with E-state index in [2.05, 4.69) is 13.8 Å². The molecule has 0 fully saturated rings. The first-order chi connectivity index (χ1) is 14.2. The second-order valence-corrected chi connectivity index (χ2v) is 9.49. The topological polar surface area (TPSA) is 26.3 Å². The van der Waals surface area contributed by atoms with Gasteiger partial charge >= 0.3 is 0 Å². The highest BCUT2D eigenvalue weighted by atomic mass is 16.5. The fraction of sp³-hybridized carbons (Fsp3) is 1.00. The number of hydrogen-bond acceptors (Lipinski definition) is 2. The molecule has 2 nitrogen and oxygen atoms in total. The van der Waals surface area contributed by atoms with Crippen LogP contribution >= 0.6 is 0 Å². The maximum Gasteiger partial charge on any atom is -0.00282 e. The van der Waals surface area contributed by atoms with Crippen molar-refractivity contribution in [3.8, 4) is 0 Å². The van der Waals surface area contributed by atoms with Crippen LogP contribution in [0, 0.1) is 5.21 Å². The number of hydrogen-bond donors (Lipinski definition) is 0. The van der Waals surface area contributed by atoms with Crippen LogP contribution in [0.25, 0.3) is 0 Å². The summed E-state index contributed by atoms with van der Waals surface area (Å²) in [6.45, 7) is 4.56. The summed E-state index contributed by atoms with van der Waals surface area (Å²) in [6.07, 6.45) is 31.2. The van der Waals surface area contributed by atoms with Gasteiger partial charge in [0.2, 0.25) is 0 Å². The molecule has 0 heterocycles. The zero-order chi connectivity index (χ0) is 21.4. The summed E-state index contributed by atoms with van der Waals surface area (Å²) >= 11 is 0. The van der Waals surface area contributed by atoms with E-state index in [-0.39, 0.29) is 6.04 Å². The van der Waals surface area contributed by atoms with E-state index >= 15 is 0 Å². The molecule has 0 aromatic carbocycles. The van der Waals surface area contributed by atoms with Gasteiger partial charge in [0.15, 0.2) is 0 Å². The molecule has 0 saturated carbocycles. The molecule has 0 rings (SSSR count). The molecule has 2 heteroatoms. The molecule has 0 amide bonds. The Morgan fingerprint density at radius 1 is 0.448 bits per heavy atom. The van der Waals surface area contributed by atoms with Gasteiger partial charge in [-0.25, -0.2) is 0 Å². The molecule has 0 spiro atoms. The van der Waals surface area contributed by atoms with E-state index in [1.54, 1.807) is 7.05 Å². The van der Waals surface area contributed by atoms with Crippen LogP contribution in [-0.4, -0.2) is 18.2 Å². The van der Waals surface area contributed by atoms with Crippen LogP contribution in [0.5, 0.6) is 0 Å². The third kappa shape index (κ3) is 22.4. The molecule has 1 unspecified atom stereocenters. The third-order valence-electron chi connectivity index (χ3n) is 6.55. The molecule has 0 aromatic rings. The highest BCUT2D eigenvalue weighted by Gasteiger charge is 2.07. The number of rotatable bonds is 24. The molecular formula is C27H56NO-. The summed E-state index contributed by atoms with van der Waals surface area (Å²) in [5, 5.41) is 13.1. The molecular weight excluding hydrogens is 354 g/mol. The lowest BCUT2D eigenvalue weighted by Gasteiger charge is -2.33. The molecule has 0 saturated heterocycles. The Bertz CT molecular complexity index is 292. The van der Waals surface area contributed by atoms with Crippen molar-refractivity contribution >= 4 is 0 Å². The lowest BCUT2D eigenvalue weighted by molar-refractivity contribution is 0.280. The van der Waals surface area contributed by atoms with Crippen LogP contribution in [-0.2, 0) is 0 Å². The molecule has 0 aliphatic heterocycles. The second-order valence-electron chi connectivity index (χ2n) is 9.49. The Balaban J connectivity index is 3.42. The second kappa shape index (κ2) is 24.2. The van der Waals surface area contributed by atoms with Gasteiger partial charge in [0.1, 0.15) is 0 Å². The zero-order valence-corrected chi connectivity index (χ0v) is 20.7. The van der Waals surface area contributed by atoms with Gasteiger partial charge in [0, 0.05) is 0 Å². The molecule has 0 aliphatic carbocycles. The minimum atomic E-state index is 0.266. The SMILES string of the molecule is CCCCCCCCCCCCCCC(CCCCCCCCCCC)N(C)[O-]. The quantitative estimate of drug-likeness (QED) is 0.117. The Morgan fingerprint density at radius 3 is 0.931 bits per heavy atom. The Hall–Kier alpha value is -0.0800. The first kappa shape index (κ1) is 28.9. The number of nitrogens with zero attached hydrogens (tertiary/aromatic N) is 1. The zero-order valence-electron chi connectivity index (χ0n) is 20.7. The van der Waals surface area contributed by atoms with Crippen molar-refractivity contribution in [3.63, 3.8) is 0 Å². The summed E-state index contributed by atoms with van der Waals surface area (Å²) in [6, 6.07) is 0.266. The van der Waals surface area contributed by atoms with E-state index in [0.717, 1.165) is 12.8 Å². The van der Waals surface area contributed by atoms with Crippen LogP contribution in [0.15, 0.2) is 0 Å². The lowest BCUT2D eigenvalue weighted by atomic mass is 9.99. The van der Waals surface area contributed by atoms with Crippen molar-refractivity contribution in [3.05, 3.63) is 5.21 Å². The van der Waals surface area contributed by atoms with E-state index in [1.165, 1.54) is 140 Å². The molecule has 176 valence electrons. The first-order valence-electron chi connectivity index (χ1n) is 13.6. The van der Waals surface area contributed by atoms with E-state index in [4.69, 9.17) is 0 Å². The molecule has 0 bridgehead atoms. The summed E-state index contributed by atoms with van der Waals surface area (Å²) in [7, 11) is 1.74. The smallest absolute Gasteiger partial charge is 0.00282 e. The normalized spacial score (nSPS) is 12.7. The van der Waals surface area contributed by atoms with Gasteiger partial charge in [-0.05, 0) is 25.9 Å². The molecule has 1 atom stereocenters. The van der Waals surface area contributed by atoms with Gasteiger partial charge in [0.25, 0.3) is 0 Å². The van der Waals surface area contributed by atoms with E-state index in [1.807, 2.05) is 0 Å². The predicted octanol–water partition coefficient (Wildman–Crippen LogP) is 9.80. The van der Waals surface area contributed by atoms with Gasteiger partial charge in [-0.2, -0.15) is 0 Å². The average molecular weight is 411 g/mol. The van der Waals surface area contributed by atoms with Gasteiger partial charge < -0.3 is 10.3 Å². The molecule has 29 heavy (non-hydrogen) atoms. The van der Waals surface area contributed by atoms with Crippen molar-refractivity contribution in [2.24, 2.45) is 0 Å². The Kier molecular flexibility index (Phi) is 24.1. The van der Waals surface area contributed by atoms with Crippen molar-refractivity contribution in [1.82, 2.24) is 5.06 Å². The summed E-state index contributed by atoms with van der Waals surface area (Å²) < 4.78 is 0. The van der Waals surface area contributed by atoms with Crippen LogP contribution < -0.4 is 0 Å². The largest absolute Gasteiger partial charge is 0.785 e. The predicted molar refractivity (Wildman–Crippen MR) is 132 cm³/mol. The van der Waals surface area contributed by atoms with Crippen LogP contribution in [0.3, 0.4) is 0 Å². The Morgan fingerprint density at radius 2 is 0.690 bits per heavy atom. The summed E-state index contributed by atoms with van der Waals surface area (Å²) in [5.41, 5.74) is 0. The first-order valence-corrected chi connectivity index (χ1v) is 13.6. The molecule has 0 N–H and O–H groups in total. The molecule has 0 aromatic heterocycles. The van der Waals surface area contributed by atoms with Crippen LogP contribution in [0.4, 0.5) is 0 Å². The minimum Gasteiger partial charge on any atom is -0.785 e. The summed E-state index contributed by atoms with van der Waals surface area (Å²) in [5.74, 6) is 0. The number of unbranched alkanes of at least 4 members (excludes halogenated alkanes) is 19. The van der Waals surface area contributed by atoms with Crippen molar-refractivity contribution in [2.45, 2.75) is 168 Å². The lowest BCUT2D eigenvalue weighted by Crippen LogP contribution is -2.26. The van der Waals surface area contributed by atoms with E-state index in [9.17, 15) is 5.21 Å². The highest BCUT2D eigenvalue weighted by Crippen LogP contribution is 2.18. The standard InChI is InChI=1S/C27H56NO/c1-4-6-8-10-12-14-15-16-18-20-22-24-26-27(28(3)29)25-23-21-19-17-13-11-9-7-5-2/h27H,4-26H2,1-3H3/q-1. The van der Waals surface area contributed by atoms with E-state index in [0.29, 0.717) is 0 Å². The van der Waals surface area contributed by atoms with Crippen molar-refractivity contribution < 1.29 is 0 Å². The molecule has 0 radical (unpaired) electrons. The van der Waals surface area contributed by atoms with Crippen molar-refractivity contribution in [2.75, 3.05) is 7.05 Å². The Labute approximate surface area is 185 Å². The highest BCUT2D eigenvalue weighted by molar-refractivity contribution is 4.69. The minimum absolute atomic E-state index is 0.266. The fourth-order valence-corrected chi connectivity index (χ4v) is 4.42. The summed E-state index contributed by atoms with van der Waals surface area (Å²) in [4.78, 5) is 0. The molecule has 0 aliphatic rings.